The van der Waals surface area contributed by atoms with Gasteiger partial charge in [0.1, 0.15) is 0 Å². The number of rotatable bonds is 3. The second-order valence-electron chi connectivity index (χ2n) is 6.61. The van der Waals surface area contributed by atoms with Crippen molar-refractivity contribution in [2.45, 2.75) is 53.6 Å². The van der Waals surface area contributed by atoms with Crippen LogP contribution in [0.4, 0.5) is 8.39 Å². The predicted octanol–water partition coefficient (Wildman–Crippen LogP) is 5.73. The SMILES string of the molecule is CC(C)=C(C)C(C)(C)C(C)(C)P(C)(C)(F)F. The summed E-state index contributed by atoms with van der Waals surface area (Å²) < 4.78 is 28.8. The summed E-state index contributed by atoms with van der Waals surface area (Å²) in [7, 11) is -4.63. The molecule has 0 rings (SSSR count). The molecule has 0 aromatic carbocycles. The molecule has 0 aliphatic carbocycles. The molecule has 0 radical (unpaired) electrons. The summed E-state index contributed by atoms with van der Waals surface area (Å²) >= 11 is 0. The summed E-state index contributed by atoms with van der Waals surface area (Å²) in [6.45, 7) is 15.5. The Labute approximate surface area is 99.7 Å². The molecule has 0 unspecified atom stereocenters. The zero-order valence-corrected chi connectivity index (χ0v) is 13.1. The summed E-state index contributed by atoms with van der Waals surface area (Å²) in [5, 5.41) is -0.986. The van der Waals surface area contributed by atoms with E-state index >= 15 is 0 Å². The van der Waals surface area contributed by atoms with Gasteiger partial charge in [-0.3, -0.25) is 0 Å². The van der Waals surface area contributed by atoms with Crippen molar-refractivity contribution >= 4 is 7.22 Å². The van der Waals surface area contributed by atoms with Crippen LogP contribution in [0.5, 0.6) is 0 Å². The Morgan fingerprint density at radius 3 is 1.38 bits per heavy atom. The normalized spacial score (nSPS) is 16.6. The van der Waals surface area contributed by atoms with Gasteiger partial charge in [0.05, 0.1) is 0 Å². The summed E-state index contributed by atoms with van der Waals surface area (Å²) in [5.41, 5.74) is 1.72. The van der Waals surface area contributed by atoms with Gasteiger partial charge in [0.15, 0.2) is 0 Å². The maximum atomic E-state index is 14.4. The van der Waals surface area contributed by atoms with Crippen LogP contribution in [-0.4, -0.2) is 18.5 Å². The van der Waals surface area contributed by atoms with Gasteiger partial charge in [0.25, 0.3) is 0 Å². The van der Waals surface area contributed by atoms with Crippen molar-refractivity contribution in [1.29, 1.82) is 0 Å². The fourth-order valence-corrected chi connectivity index (χ4v) is 3.56. The minimum atomic E-state index is -4.63. The first-order chi connectivity index (χ1) is 6.62. The van der Waals surface area contributed by atoms with Gasteiger partial charge in [0.2, 0.25) is 0 Å². The molecular formula is C13H27F2P. The van der Waals surface area contributed by atoms with E-state index in [0.717, 1.165) is 24.5 Å². The van der Waals surface area contributed by atoms with Crippen molar-refractivity contribution in [2.24, 2.45) is 5.41 Å². The van der Waals surface area contributed by atoms with Crippen molar-refractivity contribution in [3.63, 3.8) is 0 Å². The minimum absolute atomic E-state index is 0.489. The first-order valence-electron chi connectivity index (χ1n) is 5.71. The molecule has 0 saturated carbocycles. The van der Waals surface area contributed by atoms with Gasteiger partial charge in [-0.2, -0.15) is 0 Å². The molecule has 0 aromatic heterocycles. The third kappa shape index (κ3) is 2.47. The van der Waals surface area contributed by atoms with Crippen LogP contribution in [0.15, 0.2) is 11.1 Å². The first kappa shape index (κ1) is 16.0. The van der Waals surface area contributed by atoms with Gasteiger partial charge in [-0.15, -0.1) is 0 Å². The Kier molecular flexibility index (Phi) is 3.77. The predicted molar refractivity (Wildman–Crippen MR) is 72.9 cm³/mol. The number of halogens is 2. The number of hydrogen-bond donors (Lipinski definition) is 0. The average Bonchev–Trinajstić information content (AvgIpc) is 1.98. The van der Waals surface area contributed by atoms with E-state index in [2.05, 4.69) is 0 Å². The molecule has 0 fully saturated rings. The summed E-state index contributed by atoms with van der Waals surface area (Å²) in [5.74, 6) is 0. The quantitative estimate of drug-likeness (QED) is 0.444. The van der Waals surface area contributed by atoms with Crippen LogP contribution >= 0.6 is 7.22 Å². The van der Waals surface area contributed by atoms with Crippen LogP contribution < -0.4 is 0 Å². The molecule has 0 heterocycles. The van der Waals surface area contributed by atoms with Crippen LogP contribution in [0.2, 0.25) is 0 Å². The Bertz CT molecular complexity index is 303. The van der Waals surface area contributed by atoms with Crippen molar-refractivity contribution in [1.82, 2.24) is 0 Å². The van der Waals surface area contributed by atoms with Crippen LogP contribution in [-0.2, 0) is 0 Å². The first-order valence-corrected chi connectivity index (χ1v) is 8.62. The van der Waals surface area contributed by atoms with Gasteiger partial charge in [-0.25, -0.2) is 0 Å². The molecule has 0 bridgehead atoms. The van der Waals surface area contributed by atoms with Gasteiger partial charge in [-0.05, 0) is 0 Å². The van der Waals surface area contributed by atoms with Gasteiger partial charge in [0, 0.05) is 0 Å². The third-order valence-corrected chi connectivity index (χ3v) is 8.40. The standard InChI is InChI=1S/C13H27F2P/c1-10(2)11(3)12(4,5)13(6,7)16(8,9,14)15/h1-9H3. The molecule has 0 spiro atoms. The van der Waals surface area contributed by atoms with E-state index in [-0.39, 0.29) is 0 Å². The zero-order chi connectivity index (χ0) is 13.6. The molecule has 0 aliphatic heterocycles. The topological polar surface area (TPSA) is 0 Å². The average molecular weight is 252 g/mol. The van der Waals surface area contributed by atoms with Gasteiger partial charge in [-0.1, -0.05) is 0 Å². The van der Waals surface area contributed by atoms with Crippen molar-refractivity contribution < 1.29 is 8.39 Å². The van der Waals surface area contributed by atoms with Gasteiger partial charge >= 0.3 is 99.1 Å². The molecule has 16 heavy (non-hydrogen) atoms. The van der Waals surface area contributed by atoms with Crippen LogP contribution in [0, 0.1) is 5.41 Å². The Morgan fingerprint density at radius 1 is 0.875 bits per heavy atom. The Hall–Kier alpha value is 0.0300. The molecule has 3 heteroatoms. The Morgan fingerprint density at radius 2 is 1.19 bits per heavy atom. The second-order valence-corrected chi connectivity index (χ2v) is 11.3. The molecule has 98 valence electrons. The monoisotopic (exact) mass is 252 g/mol. The van der Waals surface area contributed by atoms with Crippen LogP contribution in [0.3, 0.4) is 0 Å². The van der Waals surface area contributed by atoms with Crippen molar-refractivity contribution in [2.75, 3.05) is 13.3 Å². The van der Waals surface area contributed by atoms with Gasteiger partial charge < -0.3 is 0 Å². The van der Waals surface area contributed by atoms with Crippen LogP contribution in [0.1, 0.15) is 48.5 Å². The van der Waals surface area contributed by atoms with E-state index in [1.165, 1.54) is 0 Å². The molecule has 0 aromatic rings. The van der Waals surface area contributed by atoms with E-state index in [0.29, 0.717) is 0 Å². The molecule has 0 N–H and O–H groups in total. The fourth-order valence-electron chi connectivity index (χ4n) is 1.85. The summed E-state index contributed by atoms with van der Waals surface area (Å²) in [4.78, 5) is 0. The molecule has 0 nitrogen and oxygen atoms in total. The number of hydrogen-bond acceptors (Lipinski definition) is 0. The molecule has 0 aliphatic rings. The molecule has 0 atom stereocenters. The van der Waals surface area contributed by atoms with E-state index in [1.807, 2.05) is 34.6 Å². The zero-order valence-electron chi connectivity index (χ0n) is 12.2. The van der Waals surface area contributed by atoms with E-state index < -0.39 is 17.8 Å². The molecule has 0 amide bonds. The van der Waals surface area contributed by atoms with E-state index in [9.17, 15) is 8.39 Å². The number of allylic oxidation sites excluding steroid dienone is 2. The van der Waals surface area contributed by atoms with E-state index in [4.69, 9.17) is 0 Å². The fraction of sp³-hybridized carbons (Fsp3) is 0.846. The summed E-state index contributed by atoms with van der Waals surface area (Å²) in [6, 6.07) is 0. The van der Waals surface area contributed by atoms with E-state index in [1.54, 1.807) is 13.8 Å². The molecule has 0 saturated heterocycles. The molecular weight excluding hydrogens is 225 g/mol. The van der Waals surface area contributed by atoms with Crippen molar-refractivity contribution in [3.05, 3.63) is 11.1 Å². The van der Waals surface area contributed by atoms with Crippen molar-refractivity contribution in [3.8, 4) is 0 Å². The second kappa shape index (κ2) is 3.77. The maximum absolute atomic E-state index is 14.4. The Balaban J connectivity index is 5.78. The third-order valence-electron chi connectivity index (χ3n) is 4.76. The summed E-state index contributed by atoms with van der Waals surface area (Å²) in [6.07, 6.45) is 0. The van der Waals surface area contributed by atoms with Crippen LogP contribution in [0.25, 0.3) is 0 Å².